The van der Waals surface area contributed by atoms with Crippen LogP contribution in [-0.2, 0) is 0 Å². The third-order valence-electron chi connectivity index (χ3n) is 2.86. The lowest BCUT2D eigenvalue weighted by molar-refractivity contribution is 0.221. The molecule has 2 rings (SSSR count). The van der Waals surface area contributed by atoms with Crippen LogP contribution < -0.4 is 0 Å². The van der Waals surface area contributed by atoms with E-state index in [0.29, 0.717) is 5.56 Å². The number of halogens is 1. The van der Waals surface area contributed by atoms with Crippen molar-refractivity contribution in [2.24, 2.45) is 0 Å². The van der Waals surface area contributed by atoms with Gasteiger partial charge in [-0.3, -0.25) is 0 Å². The van der Waals surface area contributed by atoms with Gasteiger partial charge in [0.05, 0.1) is 10.6 Å². The second-order valence-corrected chi connectivity index (χ2v) is 5.37. The summed E-state index contributed by atoms with van der Waals surface area (Å²) in [6.45, 7) is 5.79. The normalized spacial score (nSPS) is 13.0. The lowest BCUT2D eigenvalue weighted by Crippen LogP contribution is -2.04. The number of hydrogen-bond donors (Lipinski definition) is 1. The number of aliphatic hydroxyl groups excluding tert-OH is 1. The van der Waals surface area contributed by atoms with Crippen LogP contribution in [0.3, 0.4) is 0 Å². The van der Waals surface area contributed by atoms with Crippen molar-refractivity contribution in [3.8, 4) is 0 Å². The minimum atomic E-state index is -0.789. The minimum Gasteiger partial charge on any atom is -0.383 e. The first-order valence-corrected chi connectivity index (χ1v) is 6.54. The van der Waals surface area contributed by atoms with Gasteiger partial charge in [-0.1, -0.05) is 24.4 Å². The summed E-state index contributed by atoms with van der Waals surface area (Å²) in [4.78, 5) is 0.736. The lowest BCUT2D eigenvalue weighted by Gasteiger charge is -2.14. The molecule has 2 aromatic rings. The Morgan fingerprint density at radius 2 is 2.06 bits per heavy atom. The van der Waals surface area contributed by atoms with Gasteiger partial charge in [0.15, 0.2) is 0 Å². The maximum atomic E-state index is 13.1. The van der Waals surface area contributed by atoms with Crippen molar-refractivity contribution in [1.82, 2.24) is 9.59 Å². The van der Waals surface area contributed by atoms with Crippen molar-refractivity contribution < 1.29 is 9.50 Å². The summed E-state index contributed by atoms with van der Waals surface area (Å²) >= 11 is 1.19. The van der Waals surface area contributed by atoms with Crippen molar-refractivity contribution in [2.45, 2.75) is 32.8 Å². The van der Waals surface area contributed by atoms with Crippen molar-refractivity contribution in [3.63, 3.8) is 0 Å². The standard InChI is InChI=1S/C13H15FN2OS/c1-7(2)11-13(18-16-15-11)12(17)10-5-4-9(14)6-8(10)3/h4-7,12,17H,1-3H3. The fraction of sp³-hybridized carbons (Fsp3) is 0.385. The average molecular weight is 266 g/mol. The molecule has 0 saturated heterocycles. The van der Waals surface area contributed by atoms with Crippen LogP contribution in [0, 0.1) is 12.7 Å². The topological polar surface area (TPSA) is 46.0 Å². The Morgan fingerprint density at radius 1 is 1.33 bits per heavy atom. The maximum absolute atomic E-state index is 13.1. The molecule has 1 N–H and O–H groups in total. The summed E-state index contributed by atoms with van der Waals surface area (Å²) < 4.78 is 17.0. The smallest absolute Gasteiger partial charge is 0.123 e. The molecule has 0 spiro atoms. The largest absolute Gasteiger partial charge is 0.383 e. The number of rotatable bonds is 3. The Balaban J connectivity index is 2.41. The van der Waals surface area contributed by atoms with Crippen LogP contribution in [0.25, 0.3) is 0 Å². The fourth-order valence-electron chi connectivity index (χ4n) is 1.88. The zero-order valence-corrected chi connectivity index (χ0v) is 11.3. The zero-order chi connectivity index (χ0) is 13.3. The van der Waals surface area contributed by atoms with Crippen LogP contribution in [0.2, 0.25) is 0 Å². The molecule has 0 radical (unpaired) electrons. The monoisotopic (exact) mass is 266 g/mol. The number of aromatic nitrogens is 2. The first-order chi connectivity index (χ1) is 8.50. The van der Waals surface area contributed by atoms with Gasteiger partial charge >= 0.3 is 0 Å². The van der Waals surface area contributed by atoms with Gasteiger partial charge in [-0.25, -0.2) is 4.39 Å². The third kappa shape index (κ3) is 2.42. The summed E-state index contributed by atoms with van der Waals surface area (Å²) in [6.07, 6.45) is -0.789. The Hall–Kier alpha value is -1.33. The summed E-state index contributed by atoms with van der Waals surface area (Å²) in [5, 5.41) is 14.4. The molecular formula is C13H15FN2OS. The van der Waals surface area contributed by atoms with Crippen molar-refractivity contribution in [1.29, 1.82) is 0 Å². The SMILES string of the molecule is Cc1cc(F)ccc1C(O)c1snnc1C(C)C. The van der Waals surface area contributed by atoms with Crippen LogP contribution in [-0.4, -0.2) is 14.7 Å². The highest BCUT2D eigenvalue weighted by molar-refractivity contribution is 7.05. The number of benzene rings is 1. The molecule has 1 aromatic carbocycles. The molecule has 1 unspecified atom stereocenters. The first-order valence-electron chi connectivity index (χ1n) is 5.77. The van der Waals surface area contributed by atoms with Gasteiger partial charge in [0, 0.05) is 0 Å². The third-order valence-corrected chi connectivity index (χ3v) is 3.65. The molecule has 0 bridgehead atoms. The Kier molecular flexibility index (Phi) is 3.73. The highest BCUT2D eigenvalue weighted by Gasteiger charge is 2.21. The minimum absolute atomic E-state index is 0.203. The molecule has 3 nitrogen and oxygen atoms in total. The van der Waals surface area contributed by atoms with E-state index in [0.717, 1.165) is 16.1 Å². The van der Waals surface area contributed by atoms with E-state index >= 15 is 0 Å². The predicted molar refractivity (Wildman–Crippen MR) is 69.2 cm³/mol. The molecule has 0 aliphatic carbocycles. The van der Waals surface area contributed by atoms with Crippen LogP contribution in [0.1, 0.15) is 47.6 Å². The predicted octanol–water partition coefficient (Wildman–Crippen LogP) is 3.19. The first kappa shape index (κ1) is 13.1. The van der Waals surface area contributed by atoms with Gasteiger partial charge in [-0.2, -0.15) is 0 Å². The van der Waals surface area contributed by atoms with Gasteiger partial charge in [-0.15, -0.1) is 5.10 Å². The molecule has 1 atom stereocenters. The Labute approximate surface area is 109 Å². The molecule has 0 aliphatic rings. The molecule has 18 heavy (non-hydrogen) atoms. The lowest BCUT2D eigenvalue weighted by atomic mass is 9.99. The van der Waals surface area contributed by atoms with E-state index in [9.17, 15) is 9.50 Å². The second-order valence-electron chi connectivity index (χ2n) is 4.58. The fourth-order valence-corrected chi connectivity index (χ4v) is 2.70. The number of aliphatic hydroxyl groups is 1. The van der Waals surface area contributed by atoms with Crippen LogP contribution in [0.4, 0.5) is 4.39 Å². The number of nitrogens with zero attached hydrogens (tertiary/aromatic N) is 2. The van der Waals surface area contributed by atoms with E-state index in [1.165, 1.54) is 23.7 Å². The molecule has 0 saturated carbocycles. The van der Waals surface area contributed by atoms with E-state index in [1.807, 2.05) is 13.8 Å². The molecule has 0 aliphatic heterocycles. The zero-order valence-electron chi connectivity index (χ0n) is 10.5. The highest BCUT2D eigenvalue weighted by Crippen LogP contribution is 2.32. The summed E-state index contributed by atoms with van der Waals surface area (Å²) in [6, 6.07) is 4.39. The number of aryl methyl sites for hydroxylation is 1. The molecule has 96 valence electrons. The summed E-state index contributed by atoms with van der Waals surface area (Å²) in [5.41, 5.74) is 2.23. The molecule has 5 heteroatoms. The van der Waals surface area contributed by atoms with E-state index in [2.05, 4.69) is 9.59 Å². The maximum Gasteiger partial charge on any atom is 0.123 e. The molecule has 1 aromatic heterocycles. The Morgan fingerprint density at radius 3 is 2.67 bits per heavy atom. The summed E-state index contributed by atoms with van der Waals surface area (Å²) in [7, 11) is 0. The van der Waals surface area contributed by atoms with Crippen LogP contribution >= 0.6 is 11.5 Å². The molecule has 0 amide bonds. The number of hydrogen-bond acceptors (Lipinski definition) is 4. The van der Waals surface area contributed by atoms with Crippen molar-refractivity contribution in [2.75, 3.05) is 0 Å². The summed E-state index contributed by atoms with van der Waals surface area (Å²) in [5.74, 6) is -0.0934. The molecule has 0 fully saturated rings. The van der Waals surface area contributed by atoms with Crippen molar-refractivity contribution in [3.05, 3.63) is 45.7 Å². The van der Waals surface area contributed by atoms with E-state index in [1.54, 1.807) is 13.0 Å². The van der Waals surface area contributed by atoms with Gasteiger partial charge in [-0.05, 0) is 47.6 Å². The molecular weight excluding hydrogens is 251 g/mol. The second kappa shape index (κ2) is 5.12. The Bertz CT molecular complexity index is 554. The van der Waals surface area contributed by atoms with Gasteiger partial charge < -0.3 is 5.11 Å². The average Bonchev–Trinajstić information content (AvgIpc) is 2.77. The quantitative estimate of drug-likeness (QED) is 0.928. The van der Waals surface area contributed by atoms with Crippen molar-refractivity contribution >= 4 is 11.5 Å². The van der Waals surface area contributed by atoms with Gasteiger partial charge in [0.1, 0.15) is 11.9 Å². The van der Waals surface area contributed by atoms with E-state index in [-0.39, 0.29) is 11.7 Å². The van der Waals surface area contributed by atoms with Crippen LogP contribution in [0.5, 0.6) is 0 Å². The van der Waals surface area contributed by atoms with Gasteiger partial charge in [0.2, 0.25) is 0 Å². The van der Waals surface area contributed by atoms with Gasteiger partial charge in [0.25, 0.3) is 0 Å². The van der Waals surface area contributed by atoms with E-state index < -0.39 is 6.10 Å². The molecule has 1 heterocycles. The van der Waals surface area contributed by atoms with E-state index in [4.69, 9.17) is 0 Å². The van der Waals surface area contributed by atoms with Crippen LogP contribution in [0.15, 0.2) is 18.2 Å². The highest BCUT2D eigenvalue weighted by atomic mass is 32.1.